The first-order valence-electron chi connectivity index (χ1n) is 6.19. The van der Waals surface area contributed by atoms with E-state index in [2.05, 4.69) is 15.7 Å². The molecule has 1 N–H and O–H groups in total. The van der Waals surface area contributed by atoms with Crippen LogP contribution in [0.15, 0.2) is 23.6 Å². The highest BCUT2D eigenvalue weighted by molar-refractivity contribution is 7.10. The lowest BCUT2D eigenvalue weighted by atomic mass is 10.1. The minimum atomic E-state index is -0.160. The van der Waals surface area contributed by atoms with Gasteiger partial charge in [-0.2, -0.15) is 0 Å². The SMILES string of the molecule is Cc1cc(-c2csc(C3CCCN3)n2)ccc1F. The first-order valence-corrected chi connectivity index (χ1v) is 7.07. The van der Waals surface area contributed by atoms with Gasteiger partial charge in [0.1, 0.15) is 10.8 Å². The molecule has 2 aromatic rings. The largest absolute Gasteiger partial charge is 0.308 e. The Balaban J connectivity index is 1.89. The molecule has 1 unspecified atom stereocenters. The number of aromatic nitrogens is 1. The standard InChI is InChI=1S/C14H15FN2S/c1-9-7-10(4-5-11(9)15)13-8-18-14(17-13)12-3-2-6-16-12/h4-5,7-8,12,16H,2-3,6H2,1H3. The fourth-order valence-corrected chi connectivity index (χ4v) is 3.22. The van der Waals surface area contributed by atoms with Gasteiger partial charge < -0.3 is 5.32 Å². The molecule has 1 saturated heterocycles. The first kappa shape index (κ1) is 11.8. The molecule has 2 heterocycles. The molecule has 0 radical (unpaired) electrons. The molecule has 1 aromatic heterocycles. The zero-order chi connectivity index (χ0) is 12.5. The van der Waals surface area contributed by atoms with Crippen molar-refractivity contribution in [2.24, 2.45) is 0 Å². The lowest BCUT2D eigenvalue weighted by molar-refractivity contribution is 0.618. The van der Waals surface area contributed by atoms with E-state index in [1.54, 1.807) is 24.3 Å². The summed E-state index contributed by atoms with van der Waals surface area (Å²) in [6, 6.07) is 5.57. The van der Waals surface area contributed by atoms with Crippen LogP contribution in [0.3, 0.4) is 0 Å². The van der Waals surface area contributed by atoms with Crippen LogP contribution in [0.25, 0.3) is 11.3 Å². The smallest absolute Gasteiger partial charge is 0.126 e. The van der Waals surface area contributed by atoms with E-state index in [-0.39, 0.29) is 5.82 Å². The fraction of sp³-hybridized carbons (Fsp3) is 0.357. The van der Waals surface area contributed by atoms with Crippen molar-refractivity contribution in [3.63, 3.8) is 0 Å². The third-order valence-electron chi connectivity index (χ3n) is 3.33. The number of nitrogens with one attached hydrogen (secondary N) is 1. The highest BCUT2D eigenvalue weighted by Gasteiger charge is 2.19. The molecule has 94 valence electrons. The zero-order valence-corrected chi connectivity index (χ0v) is 11.1. The van der Waals surface area contributed by atoms with E-state index in [0.29, 0.717) is 11.6 Å². The summed E-state index contributed by atoms with van der Waals surface area (Å²) in [4.78, 5) is 4.67. The van der Waals surface area contributed by atoms with Gasteiger partial charge >= 0.3 is 0 Å². The molecule has 1 fully saturated rings. The van der Waals surface area contributed by atoms with E-state index in [4.69, 9.17) is 0 Å². The van der Waals surface area contributed by atoms with Crippen molar-refractivity contribution < 1.29 is 4.39 Å². The molecule has 0 saturated carbocycles. The van der Waals surface area contributed by atoms with Crippen LogP contribution in [0.4, 0.5) is 4.39 Å². The first-order chi connectivity index (χ1) is 8.74. The van der Waals surface area contributed by atoms with Gasteiger partial charge in [0.25, 0.3) is 0 Å². The maximum Gasteiger partial charge on any atom is 0.126 e. The van der Waals surface area contributed by atoms with Gasteiger partial charge in [0.15, 0.2) is 0 Å². The number of rotatable bonds is 2. The molecule has 2 nitrogen and oxygen atoms in total. The lowest BCUT2D eigenvalue weighted by Crippen LogP contribution is -2.12. The topological polar surface area (TPSA) is 24.9 Å². The second kappa shape index (κ2) is 4.78. The predicted octanol–water partition coefficient (Wildman–Crippen LogP) is 3.68. The van der Waals surface area contributed by atoms with Crippen LogP contribution in [-0.2, 0) is 0 Å². The minimum Gasteiger partial charge on any atom is -0.308 e. The van der Waals surface area contributed by atoms with E-state index in [1.807, 2.05) is 6.07 Å². The van der Waals surface area contributed by atoms with E-state index >= 15 is 0 Å². The van der Waals surface area contributed by atoms with Crippen LogP contribution in [0.1, 0.15) is 29.5 Å². The minimum absolute atomic E-state index is 0.160. The molecular weight excluding hydrogens is 247 g/mol. The number of benzene rings is 1. The van der Waals surface area contributed by atoms with E-state index < -0.39 is 0 Å². The van der Waals surface area contributed by atoms with Gasteiger partial charge in [-0.15, -0.1) is 11.3 Å². The highest BCUT2D eigenvalue weighted by Crippen LogP contribution is 2.30. The Morgan fingerprint density at radius 2 is 2.33 bits per heavy atom. The molecule has 0 aliphatic carbocycles. The maximum absolute atomic E-state index is 13.2. The van der Waals surface area contributed by atoms with E-state index in [9.17, 15) is 4.39 Å². The van der Waals surface area contributed by atoms with Crippen molar-refractivity contribution >= 4 is 11.3 Å². The Kier molecular flexibility index (Phi) is 3.14. The molecule has 0 bridgehead atoms. The lowest BCUT2D eigenvalue weighted by Gasteiger charge is -2.04. The summed E-state index contributed by atoms with van der Waals surface area (Å²) in [5.74, 6) is -0.160. The molecule has 18 heavy (non-hydrogen) atoms. The third-order valence-corrected chi connectivity index (χ3v) is 4.29. The Morgan fingerprint density at radius 3 is 3.06 bits per heavy atom. The zero-order valence-electron chi connectivity index (χ0n) is 10.2. The van der Waals surface area contributed by atoms with Gasteiger partial charge in [0.2, 0.25) is 0 Å². The number of nitrogens with zero attached hydrogens (tertiary/aromatic N) is 1. The Hall–Kier alpha value is -1.26. The van der Waals surface area contributed by atoms with Crippen molar-refractivity contribution in [3.8, 4) is 11.3 Å². The monoisotopic (exact) mass is 262 g/mol. The Labute approximate surface area is 110 Å². The average Bonchev–Trinajstić information content (AvgIpc) is 3.01. The Morgan fingerprint density at radius 1 is 1.44 bits per heavy atom. The molecule has 1 aliphatic heterocycles. The van der Waals surface area contributed by atoms with E-state index in [0.717, 1.165) is 29.2 Å². The average molecular weight is 262 g/mol. The van der Waals surface area contributed by atoms with Crippen LogP contribution in [0.2, 0.25) is 0 Å². The maximum atomic E-state index is 13.2. The molecule has 1 aliphatic rings. The normalized spacial score (nSPS) is 19.3. The predicted molar refractivity (Wildman–Crippen MR) is 72.2 cm³/mol. The number of halogens is 1. The van der Waals surface area contributed by atoms with Crippen molar-refractivity contribution in [1.82, 2.24) is 10.3 Å². The molecule has 1 atom stereocenters. The quantitative estimate of drug-likeness (QED) is 0.893. The highest BCUT2D eigenvalue weighted by atomic mass is 32.1. The van der Waals surface area contributed by atoms with Gasteiger partial charge in [0.05, 0.1) is 11.7 Å². The summed E-state index contributed by atoms with van der Waals surface area (Å²) in [6.07, 6.45) is 2.38. The summed E-state index contributed by atoms with van der Waals surface area (Å²) >= 11 is 1.68. The van der Waals surface area contributed by atoms with Crippen LogP contribution < -0.4 is 5.32 Å². The van der Waals surface area contributed by atoms with Crippen molar-refractivity contribution in [3.05, 3.63) is 40.0 Å². The van der Waals surface area contributed by atoms with Crippen molar-refractivity contribution in [1.29, 1.82) is 0 Å². The molecule has 1 aromatic carbocycles. The number of thiazole rings is 1. The molecule has 4 heteroatoms. The van der Waals surface area contributed by atoms with Crippen LogP contribution in [0.5, 0.6) is 0 Å². The molecule has 0 amide bonds. The van der Waals surface area contributed by atoms with E-state index in [1.165, 1.54) is 12.5 Å². The molecular formula is C14H15FN2S. The van der Waals surface area contributed by atoms with Gasteiger partial charge in [-0.3, -0.25) is 0 Å². The van der Waals surface area contributed by atoms with Gasteiger partial charge in [-0.1, -0.05) is 0 Å². The van der Waals surface area contributed by atoms with Gasteiger partial charge in [-0.05, 0) is 50.1 Å². The fourth-order valence-electron chi connectivity index (χ4n) is 2.28. The Bertz CT molecular complexity index is 559. The molecule has 3 rings (SSSR count). The van der Waals surface area contributed by atoms with Gasteiger partial charge in [0, 0.05) is 10.9 Å². The summed E-state index contributed by atoms with van der Waals surface area (Å²) in [5, 5.41) is 6.65. The van der Waals surface area contributed by atoms with Gasteiger partial charge in [-0.25, -0.2) is 9.37 Å². The summed E-state index contributed by atoms with van der Waals surface area (Å²) in [6.45, 7) is 2.86. The van der Waals surface area contributed by atoms with Crippen LogP contribution in [-0.4, -0.2) is 11.5 Å². The number of aryl methyl sites for hydroxylation is 1. The van der Waals surface area contributed by atoms with Crippen molar-refractivity contribution in [2.75, 3.05) is 6.54 Å². The van der Waals surface area contributed by atoms with Crippen LogP contribution >= 0.6 is 11.3 Å². The van der Waals surface area contributed by atoms with Crippen LogP contribution in [0, 0.1) is 12.7 Å². The number of hydrogen-bond donors (Lipinski definition) is 1. The van der Waals surface area contributed by atoms with Crippen molar-refractivity contribution in [2.45, 2.75) is 25.8 Å². The molecule has 0 spiro atoms. The summed E-state index contributed by atoms with van der Waals surface area (Å²) < 4.78 is 13.2. The third kappa shape index (κ3) is 2.18. The second-order valence-corrected chi connectivity index (χ2v) is 5.57. The number of hydrogen-bond acceptors (Lipinski definition) is 3. The second-order valence-electron chi connectivity index (χ2n) is 4.68. The summed E-state index contributed by atoms with van der Waals surface area (Å²) in [7, 11) is 0. The summed E-state index contributed by atoms with van der Waals surface area (Å²) in [5.41, 5.74) is 2.61.